The van der Waals surface area contributed by atoms with Gasteiger partial charge in [0, 0.05) is 25.3 Å². The summed E-state index contributed by atoms with van der Waals surface area (Å²) in [6, 6.07) is 16.5. The van der Waals surface area contributed by atoms with E-state index in [2.05, 4.69) is 36.2 Å². The summed E-state index contributed by atoms with van der Waals surface area (Å²) < 4.78 is 5.18. The molecule has 0 heterocycles. The lowest BCUT2D eigenvalue weighted by molar-refractivity contribution is 0.414. The molecule has 0 aliphatic heterocycles. The van der Waals surface area contributed by atoms with Crippen molar-refractivity contribution in [3.8, 4) is 5.75 Å². The van der Waals surface area contributed by atoms with E-state index in [1.807, 2.05) is 31.2 Å². The van der Waals surface area contributed by atoms with E-state index in [1.54, 1.807) is 7.11 Å². The Hall–Kier alpha value is -2.00. The van der Waals surface area contributed by atoms with E-state index in [0.717, 1.165) is 12.3 Å². The van der Waals surface area contributed by atoms with Crippen LogP contribution in [0.25, 0.3) is 0 Å². The Morgan fingerprint density at radius 2 is 1.75 bits per heavy atom. The number of anilines is 1. The smallest absolute Gasteiger partial charge is 0.118 e. The topological polar surface area (TPSA) is 38.5 Å². The maximum absolute atomic E-state index is 6.04. The van der Waals surface area contributed by atoms with Crippen LogP contribution in [0.15, 0.2) is 48.5 Å². The van der Waals surface area contributed by atoms with Gasteiger partial charge in [-0.2, -0.15) is 0 Å². The molecule has 0 fully saturated rings. The van der Waals surface area contributed by atoms with Crippen LogP contribution in [0.2, 0.25) is 0 Å². The van der Waals surface area contributed by atoms with Crippen LogP contribution in [0.4, 0.5) is 5.69 Å². The highest BCUT2D eigenvalue weighted by molar-refractivity contribution is 5.54. The quantitative estimate of drug-likeness (QED) is 0.905. The number of para-hydroxylation sites is 1. The molecule has 2 rings (SSSR count). The molecule has 0 aromatic heterocycles. The van der Waals surface area contributed by atoms with Gasteiger partial charge >= 0.3 is 0 Å². The number of hydrogen-bond acceptors (Lipinski definition) is 3. The lowest BCUT2D eigenvalue weighted by Gasteiger charge is -2.24. The number of nitrogens with zero attached hydrogens (tertiary/aromatic N) is 1. The second kappa shape index (κ2) is 6.44. The average Bonchev–Trinajstić information content (AvgIpc) is 2.48. The maximum atomic E-state index is 6.04. The first-order chi connectivity index (χ1) is 9.61. The van der Waals surface area contributed by atoms with Crippen LogP contribution in [-0.4, -0.2) is 14.2 Å². The first kappa shape index (κ1) is 14.4. The lowest BCUT2D eigenvalue weighted by atomic mass is 10.1. The first-order valence-corrected chi connectivity index (χ1v) is 6.80. The molecule has 1 unspecified atom stereocenters. The Balaban J connectivity index is 2.17. The number of nitrogens with two attached hydrogens (primary N) is 1. The molecular weight excluding hydrogens is 248 g/mol. The van der Waals surface area contributed by atoms with E-state index >= 15 is 0 Å². The molecule has 2 aromatic carbocycles. The molecule has 2 aromatic rings. The molecule has 0 aliphatic carbocycles. The highest BCUT2D eigenvalue weighted by Crippen LogP contribution is 2.25. The summed E-state index contributed by atoms with van der Waals surface area (Å²) in [7, 11) is 3.77. The van der Waals surface area contributed by atoms with Crippen LogP contribution in [0.1, 0.15) is 24.1 Å². The van der Waals surface area contributed by atoms with E-state index in [1.165, 1.54) is 16.8 Å². The number of benzene rings is 2. The Labute approximate surface area is 121 Å². The third-order valence-electron chi connectivity index (χ3n) is 3.42. The third kappa shape index (κ3) is 3.31. The number of ether oxygens (including phenoxy) is 1. The van der Waals surface area contributed by atoms with Crippen molar-refractivity contribution in [1.29, 1.82) is 0 Å². The molecule has 106 valence electrons. The normalized spacial score (nSPS) is 12.0. The monoisotopic (exact) mass is 270 g/mol. The number of methoxy groups -OCH3 is 1. The Bertz CT molecular complexity index is 549. The fourth-order valence-corrected chi connectivity index (χ4v) is 2.31. The standard InChI is InChI=1S/C17H22N2O/c1-13(18)16-6-4-5-7-17(16)19(2)12-14-8-10-15(20-3)11-9-14/h4-11,13H,12,18H2,1-3H3. The van der Waals surface area contributed by atoms with Gasteiger partial charge in [0.05, 0.1) is 7.11 Å². The van der Waals surface area contributed by atoms with E-state index in [0.29, 0.717) is 0 Å². The minimum absolute atomic E-state index is 0.0320. The third-order valence-corrected chi connectivity index (χ3v) is 3.42. The van der Waals surface area contributed by atoms with Crippen LogP contribution in [0, 0.1) is 0 Å². The molecule has 20 heavy (non-hydrogen) atoms. The van der Waals surface area contributed by atoms with Crippen LogP contribution < -0.4 is 15.4 Å². The van der Waals surface area contributed by atoms with Gasteiger partial charge in [0.15, 0.2) is 0 Å². The van der Waals surface area contributed by atoms with E-state index < -0.39 is 0 Å². The molecular formula is C17H22N2O. The van der Waals surface area contributed by atoms with Crippen LogP contribution in [0.3, 0.4) is 0 Å². The van der Waals surface area contributed by atoms with Crippen molar-refractivity contribution in [2.75, 3.05) is 19.1 Å². The van der Waals surface area contributed by atoms with Gasteiger partial charge in [-0.05, 0) is 36.2 Å². The summed E-state index contributed by atoms with van der Waals surface area (Å²) in [5, 5.41) is 0. The SMILES string of the molecule is COc1ccc(CN(C)c2ccccc2C(C)N)cc1. The largest absolute Gasteiger partial charge is 0.497 e. The number of hydrogen-bond donors (Lipinski definition) is 1. The van der Waals surface area contributed by atoms with Crippen molar-refractivity contribution < 1.29 is 4.74 Å². The molecule has 0 radical (unpaired) electrons. The molecule has 0 saturated heterocycles. The van der Waals surface area contributed by atoms with Crippen molar-refractivity contribution >= 4 is 5.69 Å². The molecule has 0 aliphatic rings. The summed E-state index contributed by atoms with van der Waals surface area (Å²) in [6.45, 7) is 2.85. The minimum Gasteiger partial charge on any atom is -0.497 e. The van der Waals surface area contributed by atoms with Crippen molar-refractivity contribution in [2.24, 2.45) is 5.73 Å². The molecule has 0 amide bonds. The zero-order valence-corrected chi connectivity index (χ0v) is 12.3. The fraction of sp³-hybridized carbons (Fsp3) is 0.294. The number of rotatable bonds is 5. The molecule has 3 nitrogen and oxygen atoms in total. The highest BCUT2D eigenvalue weighted by Gasteiger charge is 2.10. The summed E-state index contributed by atoms with van der Waals surface area (Å²) in [5.41, 5.74) is 9.63. The van der Waals surface area contributed by atoms with Crippen molar-refractivity contribution in [3.05, 3.63) is 59.7 Å². The summed E-state index contributed by atoms with van der Waals surface area (Å²) in [4.78, 5) is 2.22. The second-order valence-electron chi connectivity index (χ2n) is 5.05. The predicted octanol–water partition coefficient (Wildman–Crippen LogP) is 3.35. The van der Waals surface area contributed by atoms with Crippen molar-refractivity contribution in [3.63, 3.8) is 0 Å². The van der Waals surface area contributed by atoms with Crippen molar-refractivity contribution in [2.45, 2.75) is 19.5 Å². The lowest BCUT2D eigenvalue weighted by Crippen LogP contribution is -2.20. The van der Waals surface area contributed by atoms with Gasteiger partial charge in [-0.15, -0.1) is 0 Å². The summed E-state index contributed by atoms with van der Waals surface area (Å²) >= 11 is 0. The average molecular weight is 270 g/mol. The molecule has 0 bridgehead atoms. The maximum Gasteiger partial charge on any atom is 0.118 e. The van der Waals surface area contributed by atoms with Gasteiger partial charge in [0.25, 0.3) is 0 Å². The van der Waals surface area contributed by atoms with Crippen LogP contribution in [0.5, 0.6) is 5.75 Å². The zero-order valence-electron chi connectivity index (χ0n) is 12.3. The molecule has 2 N–H and O–H groups in total. The van der Waals surface area contributed by atoms with Gasteiger partial charge < -0.3 is 15.4 Å². The molecule has 1 atom stereocenters. The Kier molecular flexibility index (Phi) is 4.64. The van der Waals surface area contributed by atoms with Gasteiger partial charge in [-0.25, -0.2) is 0 Å². The first-order valence-electron chi connectivity index (χ1n) is 6.80. The van der Waals surface area contributed by atoms with Gasteiger partial charge in [0.1, 0.15) is 5.75 Å². The summed E-state index contributed by atoms with van der Waals surface area (Å²) in [6.07, 6.45) is 0. The van der Waals surface area contributed by atoms with Gasteiger partial charge in [-0.3, -0.25) is 0 Å². The highest BCUT2D eigenvalue weighted by atomic mass is 16.5. The van der Waals surface area contributed by atoms with Crippen molar-refractivity contribution in [1.82, 2.24) is 0 Å². The van der Waals surface area contributed by atoms with E-state index in [9.17, 15) is 0 Å². The Morgan fingerprint density at radius 1 is 1.10 bits per heavy atom. The Morgan fingerprint density at radius 3 is 2.35 bits per heavy atom. The predicted molar refractivity (Wildman–Crippen MR) is 84.1 cm³/mol. The summed E-state index contributed by atoms with van der Waals surface area (Å²) in [5.74, 6) is 0.882. The van der Waals surface area contributed by atoms with Gasteiger partial charge in [-0.1, -0.05) is 30.3 Å². The minimum atomic E-state index is 0.0320. The zero-order chi connectivity index (χ0) is 14.5. The van der Waals surface area contributed by atoms with Gasteiger partial charge in [0.2, 0.25) is 0 Å². The molecule has 3 heteroatoms. The van der Waals surface area contributed by atoms with E-state index in [4.69, 9.17) is 10.5 Å². The molecule has 0 saturated carbocycles. The fourth-order valence-electron chi connectivity index (χ4n) is 2.31. The van der Waals surface area contributed by atoms with E-state index in [-0.39, 0.29) is 6.04 Å². The van der Waals surface area contributed by atoms with Crippen LogP contribution in [-0.2, 0) is 6.54 Å². The van der Waals surface area contributed by atoms with Crippen LogP contribution >= 0.6 is 0 Å². The second-order valence-corrected chi connectivity index (χ2v) is 5.05. The molecule has 0 spiro atoms.